The molecule has 1 aromatic rings. The van der Waals surface area contributed by atoms with Gasteiger partial charge in [0, 0.05) is 25.7 Å². The monoisotopic (exact) mass is 295 g/mol. The first-order valence-corrected chi connectivity index (χ1v) is 6.50. The molecule has 1 fully saturated rings. The van der Waals surface area contributed by atoms with Crippen molar-refractivity contribution in [3.8, 4) is 5.75 Å². The van der Waals surface area contributed by atoms with Crippen molar-refractivity contribution in [3.05, 3.63) is 33.9 Å². The lowest BCUT2D eigenvalue weighted by molar-refractivity contribution is -0.384. The number of morpholine rings is 1. The van der Waals surface area contributed by atoms with E-state index in [1.807, 2.05) is 0 Å². The Labute approximate surface area is 121 Å². The molecule has 2 rings (SSSR count). The number of amides is 1. The normalized spacial score (nSPS) is 18.4. The number of nitrogens with two attached hydrogens (primary N) is 1. The van der Waals surface area contributed by atoms with E-state index in [-0.39, 0.29) is 23.4 Å². The number of benzene rings is 1. The molecule has 1 aliphatic rings. The average molecular weight is 295 g/mol. The number of nitro benzene ring substituents is 1. The largest absolute Gasteiger partial charge is 0.496 e. The maximum Gasteiger partial charge on any atom is 0.273 e. The maximum absolute atomic E-state index is 12.5. The van der Waals surface area contributed by atoms with E-state index in [1.54, 1.807) is 4.90 Å². The quantitative estimate of drug-likeness (QED) is 0.636. The molecule has 1 unspecified atom stereocenters. The van der Waals surface area contributed by atoms with Crippen molar-refractivity contribution < 1.29 is 19.2 Å². The van der Waals surface area contributed by atoms with Gasteiger partial charge in [-0.05, 0) is 6.07 Å². The third-order valence-corrected chi connectivity index (χ3v) is 3.32. The van der Waals surface area contributed by atoms with Crippen LogP contribution in [0.1, 0.15) is 10.4 Å². The number of nitrogens with zero attached hydrogens (tertiary/aromatic N) is 2. The first-order chi connectivity index (χ1) is 10.1. The van der Waals surface area contributed by atoms with Gasteiger partial charge in [-0.3, -0.25) is 14.9 Å². The van der Waals surface area contributed by atoms with Gasteiger partial charge >= 0.3 is 0 Å². The molecule has 1 aliphatic heterocycles. The molecule has 21 heavy (non-hydrogen) atoms. The van der Waals surface area contributed by atoms with E-state index in [2.05, 4.69) is 0 Å². The minimum atomic E-state index is -0.532. The number of hydrogen-bond donors (Lipinski definition) is 1. The molecule has 1 atom stereocenters. The van der Waals surface area contributed by atoms with Crippen molar-refractivity contribution in [2.45, 2.75) is 6.10 Å². The Morgan fingerprint density at radius 2 is 2.38 bits per heavy atom. The lowest BCUT2D eigenvalue weighted by Gasteiger charge is -2.32. The zero-order valence-electron chi connectivity index (χ0n) is 11.7. The third-order valence-electron chi connectivity index (χ3n) is 3.32. The number of carbonyl (C=O) groups excluding carboxylic acids is 1. The standard InChI is InChI=1S/C13H17N3O5/c1-20-12-6-9(16(18)19)2-3-11(12)13(17)15-4-5-21-10(7-14)8-15/h2-3,6,10H,4-5,7-8,14H2,1H3. The van der Waals surface area contributed by atoms with Gasteiger partial charge in [-0.2, -0.15) is 0 Å². The van der Waals surface area contributed by atoms with E-state index in [9.17, 15) is 14.9 Å². The fourth-order valence-electron chi connectivity index (χ4n) is 2.19. The Bertz CT molecular complexity index is 549. The molecule has 2 N–H and O–H groups in total. The summed E-state index contributed by atoms with van der Waals surface area (Å²) in [6.07, 6.45) is -0.188. The molecule has 0 saturated carbocycles. The van der Waals surface area contributed by atoms with Crippen LogP contribution < -0.4 is 10.5 Å². The number of methoxy groups -OCH3 is 1. The van der Waals surface area contributed by atoms with Crippen LogP contribution in [0.25, 0.3) is 0 Å². The first-order valence-electron chi connectivity index (χ1n) is 6.50. The number of nitro groups is 1. The predicted molar refractivity (Wildman–Crippen MR) is 74.3 cm³/mol. The first kappa shape index (κ1) is 15.2. The number of rotatable bonds is 4. The molecule has 0 aliphatic carbocycles. The summed E-state index contributed by atoms with van der Waals surface area (Å²) in [6, 6.07) is 3.94. The molecule has 0 aromatic heterocycles. The summed E-state index contributed by atoms with van der Waals surface area (Å²) in [5, 5.41) is 10.8. The Morgan fingerprint density at radius 1 is 1.62 bits per heavy atom. The summed E-state index contributed by atoms with van der Waals surface area (Å²) < 4.78 is 10.5. The van der Waals surface area contributed by atoms with E-state index >= 15 is 0 Å². The molecule has 8 nitrogen and oxygen atoms in total. The van der Waals surface area contributed by atoms with Crippen molar-refractivity contribution in [2.75, 3.05) is 33.4 Å². The van der Waals surface area contributed by atoms with E-state index in [0.717, 1.165) is 0 Å². The molecule has 0 radical (unpaired) electrons. The fourth-order valence-corrected chi connectivity index (χ4v) is 2.19. The highest BCUT2D eigenvalue weighted by molar-refractivity contribution is 5.97. The van der Waals surface area contributed by atoms with Crippen LogP contribution in [0.2, 0.25) is 0 Å². The van der Waals surface area contributed by atoms with Crippen molar-refractivity contribution in [1.29, 1.82) is 0 Å². The maximum atomic E-state index is 12.5. The van der Waals surface area contributed by atoms with Crippen LogP contribution in [0.15, 0.2) is 18.2 Å². The molecule has 8 heteroatoms. The lowest BCUT2D eigenvalue weighted by atomic mass is 10.1. The summed E-state index contributed by atoms with van der Waals surface area (Å²) in [7, 11) is 1.37. The molecule has 1 heterocycles. The molecule has 0 bridgehead atoms. The highest BCUT2D eigenvalue weighted by Crippen LogP contribution is 2.26. The minimum absolute atomic E-state index is 0.120. The zero-order valence-corrected chi connectivity index (χ0v) is 11.7. The number of non-ortho nitro benzene ring substituents is 1. The SMILES string of the molecule is COc1cc([N+](=O)[O-])ccc1C(=O)N1CCOC(CN)C1. The van der Waals surface area contributed by atoms with Gasteiger partial charge in [0.25, 0.3) is 11.6 Å². The fraction of sp³-hybridized carbons (Fsp3) is 0.462. The van der Waals surface area contributed by atoms with Crippen LogP contribution >= 0.6 is 0 Å². The summed E-state index contributed by atoms with van der Waals surface area (Å²) in [5.74, 6) is -0.0616. The van der Waals surface area contributed by atoms with Crippen molar-refractivity contribution in [1.82, 2.24) is 4.90 Å². The second-order valence-corrected chi connectivity index (χ2v) is 4.62. The Kier molecular flexibility index (Phi) is 4.71. The molecule has 1 aromatic carbocycles. The number of ether oxygens (including phenoxy) is 2. The van der Waals surface area contributed by atoms with Gasteiger partial charge < -0.3 is 20.1 Å². The lowest BCUT2D eigenvalue weighted by Crippen LogP contribution is -2.48. The van der Waals surface area contributed by atoms with Gasteiger partial charge in [0.05, 0.1) is 36.4 Å². The van der Waals surface area contributed by atoms with Gasteiger partial charge in [0.2, 0.25) is 0 Å². The minimum Gasteiger partial charge on any atom is -0.496 e. The summed E-state index contributed by atoms with van der Waals surface area (Å²) in [4.78, 5) is 24.3. The van der Waals surface area contributed by atoms with E-state index < -0.39 is 4.92 Å². The van der Waals surface area contributed by atoms with E-state index in [1.165, 1.54) is 25.3 Å². The molecular formula is C13H17N3O5. The van der Waals surface area contributed by atoms with Gasteiger partial charge in [-0.25, -0.2) is 0 Å². The van der Waals surface area contributed by atoms with Crippen molar-refractivity contribution in [2.24, 2.45) is 5.73 Å². The summed E-state index contributed by atoms with van der Waals surface area (Å²) in [5.41, 5.74) is 5.72. The zero-order chi connectivity index (χ0) is 15.4. The second kappa shape index (κ2) is 6.51. The predicted octanol–water partition coefficient (Wildman–Crippen LogP) is 0.403. The Morgan fingerprint density at radius 3 is 3.00 bits per heavy atom. The van der Waals surface area contributed by atoms with Crippen LogP contribution in [-0.4, -0.2) is 55.2 Å². The number of carbonyl (C=O) groups is 1. The Balaban J connectivity index is 2.24. The number of hydrogen-bond acceptors (Lipinski definition) is 6. The van der Waals surface area contributed by atoms with Crippen LogP contribution in [0.5, 0.6) is 5.75 Å². The van der Waals surface area contributed by atoms with E-state index in [0.29, 0.717) is 31.8 Å². The molecule has 1 saturated heterocycles. The average Bonchev–Trinajstić information content (AvgIpc) is 2.53. The van der Waals surface area contributed by atoms with Crippen molar-refractivity contribution >= 4 is 11.6 Å². The second-order valence-electron chi connectivity index (χ2n) is 4.62. The highest BCUT2D eigenvalue weighted by atomic mass is 16.6. The van der Waals surface area contributed by atoms with Crippen LogP contribution in [0.4, 0.5) is 5.69 Å². The topological polar surface area (TPSA) is 108 Å². The molecule has 0 spiro atoms. The van der Waals surface area contributed by atoms with Gasteiger partial charge in [-0.1, -0.05) is 0 Å². The third kappa shape index (κ3) is 3.29. The van der Waals surface area contributed by atoms with Gasteiger partial charge in [0.1, 0.15) is 5.75 Å². The molecule has 114 valence electrons. The molecule has 1 amide bonds. The summed E-state index contributed by atoms with van der Waals surface area (Å²) in [6.45, 7) is 1.61. The van der Waals surface area contributed by atoms with Crippen LogP contribution in [-0.2, 0) is 4.74 Å². The smallest absolute Gasteiger partial charge is 0.273 e. The van der Waals surface area contributed by atoms with Crippen LogP contribution in [0, 0.1) is 10.1 Å². The van der Waals surface area contributed by atoms with E-state index in [4.69, 9.17) is 15.2 Å². The Hall–Kier alpha value is -2.19. The van der Waals surface area contributed by atoms with Gasteiger partial charge in [0.15, 0.2) is 0 Å². The van der Waals surface area contributed by atoms with Crippen molar-refractivity contribution in [3.63, 3.8) is 0 Å². The van der Waals surface area contributed by atoms with Gasteiger partial charge in [-0.15, -0.1) is 0 Å². The highest BCUT2D eigenvalue weighted by Gasteiger charge is 2.26. The van der Waals surface area contributed by atoms with Crippen LogP contribution in [0.3, 0.4) is 0 Å². The molecular weight excluding hydrogens is 278 g/mol. The summed E-state index contributed by atoms with van der Waals surface area (Å²) >= 11 is 0.